The van der Waals surface area contributed by atoms with Crippen LogP contribution < -0.4 is 5.32 Å². The fraction of sp³-hybridized carbons (Fsp3) is 0.714. The average molecular weight is 142 g/mol. The number of amidine groups is 1. The summed E-state index contributed by atoms with van der Waals surface area (Å²) in [4.78, 5) is 14.1. The molecule has 3 nitrogen and oxygen atoms in total. The number of hydrogen-bond acceptors (Lipinski definition) is 2. The van der Waals surface area contributed by atoms with Crippen LogP contribution in [0.2, 0.25) is 0 Å². The second-order valence-corrected chi connectivity index (χ2v) is 2.28. The molecule has 1 amide bonds. The number of amides is 1. The molecule has 0 spiro atoms. The highest BCUT2D eigenvalue weighted by molar-refractivity contribution is 5.91. The van der Waals surface area contributed by atoms with E-state index in [2.05, 4.69) is 10.3 Å². The SMILES string of the molecule is CCN=C(NC=O)C(C)C. The van der Waals surface area contributed by atoms with Gasteiger partial charge in [-0.3, -0.25) is 9.79 Å². The minimum absolute atomic E-state index is 0.296. The molecule has 0 atom stereocenters. The Morgan fingerprint density at radius 1 is 1.70 bits per heavy atom. The zero-order chi connectivity index (χ0) is 7.98. The molecule has 0 aliphatic rings. The molecule has 0 saturated carbocycles. The Morgan fingerprint density at radius 3 is 2.60 bits per heavy atom. The van der Waals surface area contributed by atoms with Crippen molar-refractivity contribution in [2.24, 2.45) is 10.9 Å². The molecule has 0 bridgehead atoms. The first-order chi connectivity index (χ1) is 4.72. The number of aliphatic imine (C=N–C) groups is 1. The van der Waals surface area contributed by atoms with Crippen molar-refractivity contribution in [3.8, 4) is 0 Å². The minimum atomic E-state index is 0.296. The Kier molecular flexibility index (Phi) is 4.54. The van der Waals surface area contributed by atoms with E-state index in [1.165, 1.54) is 0 Å². The Labute approximate surface area is 61.5 Å². The number of rotatable bonds is 3. The topological polar surface area (TPSA) is 41.5 Å². The van der Waals surface area contributed by atoms with E-state index in [0.717, 1.165) is 5.84 Å². The highest BCUT2D eigenvalue weighted by Crippen LogP contribution is 1.92. The molecule has 0 aromatic heterocycles. The lowest BCUT2D eigenvalue weighted by Crippen LogP contribution is -2.26. The van der Waals surface area contributed by atoms with Crippen LogP contribution >= 0.6 is 0 Å². The standard InChI is InChI=1S/C7H14N2O/c1-4-8-7(6(2)3)9-5-10/h5-6H,4H2,1-3H3,(H,8,9,10). The summed E-state index contributed by atoms with van der Waals surface area (Å²) in [7, 11) is 0. The fourth-order valence-corrected chi connectivity index (χ4v) is 0.626. The Morgan fingerprint density at radius 2 is 2.30 bits per heavy atom. The summed E-state index contributed by atoms with van der Waals surface area (Å²) in [5.74, 6) is 1.06. The maximum atomic E-state index is 10.0. The monoisotopic (exact) mass is 142 g/mol. The molecule has 0 aromatic carbocycles. The van der Waals surface area contributed by atoms with Gasteiger partial charge in [0.2, 0.25) is 6.41 Å². The third kappa shape index (κ3) is 3.22. The molecule has 0 aromatic rings. The van der Waals surface area contributed by atoms with E-state index in [-0.39, 0.29) is 0 Å². The van der Waals surface area contributed by atoms with Crippen LogP contribution in [0, 0.1) is 5.92 Å². The highest BCUT2D eigenvalue weighted by Gasteiger charge is 2.00. The molecule has 0 rings (SSSR count). The van der Waals surface area contributed by atoms with Gasteiger partial charge < -0.3 is 5.32 Å². The zero-order valence-corrected chi connectivity index (χ0v) is 6.72. The first kappa shape index (κ1) is 9.14. The molecule has 0 heterocycles. The van der Waals surface area contributed by atoms with Crippen molar-refractivity contribution < 1.29 is 4.79 Å². The lowest BCUT2D eigenvalue weighted by molar-refractivity contribution is -0.108. The number of hydrogen-bond donors (Lipinski definition) is 1. The van der Waals surface area contributed by atoms with Gasteiger partial charge in [0.25, 0.3) is 0 Å². The lowest BCUT2D eigenvalue weighted by Gasteiger charge is -2.06. The van der Waals surface area contributed by atoms with Crippen molar-refractivity contribution in [1.29, 1.82) is 0 Å². The number of nitrogens with zero attached hydrogens (tertiary/aromatic N) is 1. The minimum Gasteiger partial charge on any atom is -0.317 e. The van der Waals surface area contributed by atoms with Gasteiger partial charge in [-0.15, -0.1) is 0 Å². The van der Waals surface area contributed by atoms with Crippen LogP contribution in [0.25, 0.3) is 0 Å². The lowest BCUT2D eigenvalue weighted by atomic mass is 10.2. The van der Waals surface area contributed by atoms with Crippen LogP contribution in [0.1, 0.15) is 20.8 Å². The van der Waals surface area contributed by atoms with Crippen LogP contribution in [-0.2, 0) is 4.79 Å². The molecule has 1 N–H and O–H groups in total. The molecular formula is C7H14N2O. The molecular weight excluding hydrogens is 128 g/mol. The van der Waals surface area contributed by atoms with Gasteiger partial charge in [0.1, 0.15) is 5.84 Å². The maximum Gasteiger partial charge on any atom is 0.212 e. The molecule has 0 aliphatic carbocycles. The molecule has 0 aliphatic heterocycles. The van der Waals surface area contributed by atoms with Gasteiger partial charge in [-0.2, -0.15) is 0 Å². The first-order valence-electron chi connectivity index (χ1n) is 3.46. The molecule has 0 radical (unpaired) electrons. The predicted octanol–water partition coefficient (Wildman–Crippen LogP) is 0.807. The molecule has 0 saturated heterocycles. The van der Waals surface area contributed by atoms with E-state index >= 15 is 0 Å². The fourth-order valence-electron chi connectivity index (χ4n) is 0.626. The molecule has 58 valence electrons. The Hall–Kier alpha value is -0.860. The van der Waals surface area contributed by atoms with Crippen LogP contribution in [0.5, 0.6) is 0 Å². The number of nitrogens with one attached hydrogen (secondary N) is 1. The summed E-state index contributed by atoms with van der Waals surface area (Å²) in [5, 5.41) is 2.55. The zero-order valence-electron chi connectivity index (χ0n) is 6.72. The van der Waals surface area contributed by atoms with Crippen LogP contribution in [0.15, 0.2) is 4.99 Å². The van der Waals surface area contributed by atoms with Crippen molar-refractivity contribution in [1.82, 2.24) is 5.32 Å². The van der Waals surface area contributed by atoms with Crippen molar-refractivity contribution in [2.45, 2.75) is 20.8 Å². The van der Waals surface area contributed by atoms with Crippen molar-refractivity contribution >= 4 is 12.2 Å². The summed E-state index contributed by atoms with van der Waals surface area (Å²) in [5.41, 5.74) is 0. The van der Waals surface area contributed by atoms with Gasteiger partial charge in [-0.25, -0.2) is 0 Å². The smallest absolute Gasteiger partial charge is 0.212 e. The van der Waals surface area contributed by atoms with Gasteiger partial charge in [-0.05, 0) is 6.92 Å². The number of carbonyl (C=O) groups excluding carboxylic acids is 1. The summed E-state index contributed by atoms with van der Waals surface area (Å²) >= 11 is 0. The van der Waals surface area contributed by atoms with Gasteiger partial charge in [0, 0.05) is 12.5 Å². The molecule has 10 heavy (non-hydrogen) atoms. The van der Waals surface area contributed by atoms with Gasteiger partial charge in [-0.1, -0.05) is 13.8 Å². The van der Waals surface area contributed by atoms with Gasteiger partial charge >= 0.3 is 0 Å². The van der Waals surface area contributed by atoms with Crippen molar-refractivity contribution in [2.75, 3.05) is 6.54 Å². The van der Waals surface area contributed by atoms with Crippen molar-refractivity contribution in [3.05, 3.63) is 0 Å². The third-order valence-electron chi connectivity index (χ3n) is 1.08. The normalized spacial score (nSPS) is 11.8. The first-order valence-corrected chi connectivity index (χ1v) is 3.46. The summed E-state index contributed by atoms with van der Waals surface area (Å²) < 4.78 is 0. The molecule has 3 heteroatoms. The van der Waals surface area contributed by atoms with E-state index in [1.807, 2.05) is 20.8 Å². The molecule has 0 fully saturated rings. The highest BCUT2D eigenvalue weighted by atomic mass is 16.1. The van der Waals surface area contributed by atoms with Gasteiger partial charge in [0.05, 0.1) is 0 Å². The predicted molar refractivity (Wildman–Crippen MR) is 42.0 cm³/mol. The summed E-state index contributed by atoms with van der Waals surface area (Å²) in [6, 6.07) is 0. The Balaban J connectivity index is 3.96. The van der Waals surface area contributed by atoms with Gasteiger partial charge in [0.15, 0.2) is 0 Å². The quantitative estimate of drug-likeness (QED) is 0.353. The largest absolute Gasteiger partial charge is 0.317 e. The average Bonchev–Trinajstić information content (AvgIpc) is 1.87. The van der Waals surface area contributed by atoms with Crippen LogP contribution in [-0.4, -0.2) is 18.8 Å². The summed E-state index contributed by atoms with van der Waals surface area (Å²) in [6.45, 7) is 6.64. The van der Waals surface area contributed by atoms with E-state index in [9.17, 15) is 4.79 Å². The molecule has 0 unspecified atom stereocenters. The van der Waals surface area contributed by atoms with Crippen LogP contribution in [0.3, 0.4) is 0 Å². The second kappa shape index (κ2) is 4.97. The van der Waals surface area contributed by atoms with Crippen LogP contribution in [0.4, 0.5) is 0 Å². The third-order valence-corrected chi connectivity index (χ3v) is 1.08. The second-order valence-electron chi connectivity index (χ2n) is 2.28. The van der Waals surface area contributed by atoms with E-state index in [1.54, 1.807) is 0 Å². The van der Waals surface area contributed by atoms with E-state index < -0.39 is 0 Å². The van der Waals surface area contributed by atoms with E-state index in [4.69, 9.17) is 0 Å². The Bertz CT molecular complexity index is 130. The van der Waals surface area contributed by atoms with E-state index in [0.29, 0.717) is 18.9 Å². The summed E-state index contributed by atoms with van der Waals surface area (Å²) in [6.07, 6.45) is 0.661. The van der Waals surface area contributed by atoms with Crippen molar-refractivity contribution in [3.63, 3.8) is 0 Å². The maximum absolute atomic E-state index is 10.0. The number of carbonyl (C=O) groups is 1.